The fraction of sp³-hybridized carbons (Fsp3) is 1.00. The van der Waals surface area contributed by atoms with Gasteiger partial charge in [0.2, 0.25) is 0 Å². The number of hydrogen-bond donors (Lipinski definition) is 3. The molecular weight excluding hydrogens is 182 g/mol. The van der Waals surface area contributed by atoms with Crippen LogP contribution in [0.2, 0.25) is 0 Å². The maximum atomic E-state index is 8.08. The van der Waals surface area contributed by atoms with Gasteiger partial charge in [0.1, 0.15) is 0 Å². The highest BCUT2D eigenvalue weighted by Crippen LogP contribution is 2.23. The highest BCUT2D eigenvalue weighted by atomic mass is 16.5. The Morgan fingerprint density at radius 2 is 1.86 bits per heavy atom. The van der Waals surface area contributed by atoms with Gasteiger partial charge in [-0.15, -0.1) is 0 Å². The Morgan fingerprint density at radius 3 is 2.14 bits per heavy atom. The smallest absolute Gasteiger partial charge is 0.156 e. The lowest BCUT2D eigenvalue weighted by Crippen LogP contribution is -2.15. The van der Waals surface area contributed by atoms with Gasteiger partial charge in [0.05, 0.1) is 0 Å². The normalized spacial score (nSPS) is 27.0. The minimum Gasteiger partial charge on any atom is -0.384 e. The Kier molecular flexibility index (Phi) is 6.27. The van der Waals surface area contributed by atoms with E-state index in [1.54, 1.807) is 7.11 Å². The van der Waals surface area contributed by atoms with Crippen LogP contribution in [0.4, 0.5) is 0 Å². The zero-order valence-electron chi connectivity index (χ0n) is 9.36. The summed E-state index contributed by atoms with van der Waals surface area (Å²) in [4.78, 5) is 0. The third kappa shape index (κ3) is 9.92. The van der Waals surface area contributed by atoms with Crippen LogP contribution in [0.1, 0.15) is 33.1 Å². The van der Waals surface area contributed by atoms with Crippen molar-refractivity contribution >= 4 is 0 Å². The van der Waals surface area contributed by atoms with Crippen LogP contribution in [0, 0.1) is 5.92 Å². The van der Waals surface area contributed by atoms with E-state index in [0.29, 0.717) is 6.04 Å². The number of hydrogen-bond acceptors (Lipinski definition) is 4. The summed E-state index contributed by atoms with van der Waals surface area (Å²) in [6, 6.07) is 0.449. The summed E-state index contributed by atoms with van der Waals surface area (Å²) >= 11 is 0. The van der Waals surface area contributed by atoms with Gasteiger partial charge in [0.25, 0.3) is 0 Å². The Bertz CT molecular complexity index is 137. The molecule has 0 amide bonds. The molecule has 1 aliphatic rings. The second-order valence-corrected chi connectivity index (χ2v) is 4.39. The summed E-state index contributed by atoms with van der Waals surface area (Å²) in [5, 5.41) is 16.2. The zero-order chi connectivity index (χ0) is 11.2. The minimum absolute atomic E-state index is 0.449. The predicted octanol–water partition coefficient (Wildman–Crippen LogP) is 0.467. The first-order valence-electron chi connectivity index (χ1n) is 5.02. The first-order chi connectivity index (χ1) is 6.33. The second-order valence-electron chi connectivity index (χ2n) is 4.39. The zero-order valence-corrected chi connectivity index (χ0v) is 9.36. The predicted molar refractivity (Wildman–Crippen MR) is 55.7 cm³/mol. The average Bonchev–Trinajstić information content (AvgIpc) is 2.32. The molecule has 14 heavy (non-hydrogen) atoms. The molecule has 2 atom stereocenters. The van der Waals surface area contributed by atoms with Gasteiger partial charge in [-0.1, -0.05) is 0 Å². The Labute approximate surface area is 86.1 Å². The molecule has 4 nitrogen and oxygen atoms in total. The average molecular weight is 205 g/mol. The van der Waals surface area contributed by atoms with E-state index in [9.17, 15) is 0 Å². The SMILES string of the molecule is CC(C)(O)O.COC[C@@H]1CCC(N)C1. The molecule has 0 saturated heterocycles. The Morgan fingerprint density at radius 1 is 1.36 bits per heavy atom. The fourth-order valence-electron chi connectivity index (χ4n) is 1.50. The summed E-state index contributed by atoms with van der Waals surface area (Å²) in [7, 11) is 1.75. The van der Waals surface area contributed by atoms with Gasteiger partial charge in [0, 0.05) is 19.8 Å². The molecule has 1 fully saturated rings. The minimum atomic E-state index is -1.50. The van der Waals surface area contributed by atoms with Crippen molar-refractivity contribution in [3.05, 3.63) is 0 Å². The molecule has 0 spiro atoms. The molecule has 0 radical (unpaired) electrons. The van der Waals surface area contributed by atoms with Crippen LogP contribution in [-0.4, -0.2) is 35.8 Å². The first kappa shape index (κ1) is 13.8. The number of ether oxygens (including phenoxy) is 1. The van der Waals surface area contributed by atoms with Crippen LogP contribution in [0.15, 0.2) is 0 Å². The van der Waals surface area contributed by atoms with Crippen molar-refractivity contribution in [1.29, 1.82) is 0 Å². The van der Waals surface area contributed by atoms with Crippen LogP contribution in [0.5, 0.6) is 0 Å². The lowest BCUT2D eigenvalue weighted by atomic mass is 10.1. The van der Waals surface area contributed by atoms with E-state index in [0.717, 1.165) is 18.9 Å². The number of methoxy groups -OCH3 is 1. The molecule has 4 N–H and O–H groups in total. The number of nitrogens with two attached hydrogens (primary N) is 1. The van der Waals surface area contributed by atoms with Crippen molar-refractivity contribution in [2.24, 2.45) is 11.7 Å². The van der Waals surface area contributed by atoms with Crippen LogP contribution < -0.4 is 5.73 Å². The van der Waals surface area contributed by atoms with Gasteiger partial charge in [-0.05, 0) is 39.0 Å². The van der Waals surface area contributed by atoms with Gasteiger partial charge in [0.15, 0.2) is 5.79 Å². The second kappa shape index (κ2) is 6.35. The lowest BCUT2D eigenvalue weighted by molar-refractivity contribution is -0.127. The Hall–Kier alpha value is -0.160. The molecule has 4 heteroatoms. The summed E-state index contributed by atoms with van der Waals surface area (Å²) in [6.07, 6.45) is 3.61. The Balaban J connectivity index is 0.000000292. The summed E-state index contributed by atoms with van der Waals surface area (Å²) in [5.41, 5.74) is 5.70. The van der Waals surface area contributed by atoms with E-state index in [1.165, 1.54) is 26.7 Å². The molecule has 86 valence electrons. The molecular formula is C10H23NO3. The van der Waals surface area contributed by atoms with E-state index in [2.05, 4.69) is 0 Å². The molecule has 0 aromatic carbocycles. The number of aliphatic hydroxyl groups is 2. The van der Waals surface area contributed by atoms with Gasteiger partial charge >= 0.3 is 0 Å². The van der Waals surface area contributed by atoms with E-state index in [4.69, 9.17) is 20.7 Å². The molecule has 0 bridgehead atoms. The van der Waals surface area contributed by atoms with Gasteiger partial charge in [-0.3, -0.25) is 0 Å². The van der Waals surface area contributed by atoms with Crippen molar-refractivity contribution in [2.75, 3.05) is 13.7 Å². The lowest BCUT2D eigenvalue weighted by Gasteiger charge is -2.05. The molecule has 0 heterocycles. The molecule has 0 aromatic heterocycles. The summed E-state index contributed by atoms with van der Waals surface area (Å²) in [6.45, 7) is 3.49. The van der Waals surface area contributed by atoms with Crippen molar-refractivity contribution < 1.29 is 14.9 Å². The summed E-state index contributed by atoms with van der Waals surface area (Å²) < 4.78 is 5.02. The quantitative estimate of drug-likeness (QED) is 0.573. The number of rotatable bonds is 2. The van der Waals surface area contributed by atoms with Crippen molar-refractivity contribution in [1.82, 2.24) is 0 Å². The van der Waals surface area contributed by atoms with Crippen LogP contribution in [-0.2, 0) is 4.74 Å². The van der Waals surface area contributed by atoms with E-state index >= 15 is 0 Å². The molecule has 1 unspecified atom stereocenters. The van der Waals surface area contributed by atoms with Crippen molar-refractivity contribution in [2.45, 2.75) is 44.9 Å². The molecule has 0 aliphatic heterocycles. The van der Waals surface area contributed by atoms with E-state index < -0.39 is 5.79 Å². The van der Waals surface area contributed by atoms with Gasteiger partial charge in [-0.25, -0.2) is 0 Å². The molecule has 0 aromatic rings. The van der Waals surface area contributed by atoms with Crippen LogP contribution >= 0.6 is 0 Å². The van der Waals surface area contributed by atoms with E-state index in [1.807, 2.05) is 0 Å². The first-order valence-corrected chi connectivity index (χ1v) is 5.02. The largest absolute Gasteiger partial charge is 0.384 e. The van der Waals surface area contributed by atoms with E-state index in [-0.39, 0.29) is 0 Å². The maximum absolute atomic E-state index is 8.08. The summed E-state index contributed by atoms with van der Waals surface area (Å²) in [5.74, 6) is -0.759. The molecule has 1 rings (SSSR count). The maximum Gasteiger partial charge on any atom is 0.156 e. The van der Waals surface area contributed by atoms with Gasteiger partial charge < -0.3 is 20.7 Å². The van der Waals surface area contributed by atoms with Crippen LogP contribution in [0.3, 0.4) is 0 Å². The monoisotopic (exact) mass is 205 g/mol. The molecule has 1 aliphatic carbocycles. The third-order valence-electron chi connectivity index (χ3n) is 1.98. The topological polar surface area (TPSA) is 75.7 Å². The highest BCUT2D eigenvalue weighted by Gasteiger charge is 2.20. The highest BCUT2D eigenvalue weighted by molar-refractivity contribution is 4.76. The van der Waals surface area contributed by atoms with Crippen LogP contribution in [0.25, 0.3) is 0 Å². The van der Waals surface area contributed by atoms with Crippen molar-refractivity contribution in [3.63, 3.8) is 0 Å². The standard InChI is InChI=1S/C7H15NO.C3H8O2/c1-9-5-6-2-3-7(8)4-6;1-3(2,4)5/h6-7H,2-5,8H2,1H3;4-5H,1-2H3/t6-,7?;/m1./s1. The van der Waals surface area contributed by atoms with Gasteiger partial charge in [-0.2, -0.15) is 0 Å². The fourth-order valence-corrected chi connectivity index (χ4v) is 1.50. The van der Waals surface area contributed by atoms with Crippen molar-refractivity contribution in [3.8, 4) is 0 Å². The third-order valence-corrected chi connectivity index (χ3v) is 1.98. The molecule has 1 saturated carbocycles.